The zero-order valence-corrected chi connectivity index (χ0v) is 11.1. The third kappa shape index (κ3) is 3.03. The maximum Gasteiger partial charge on any atom is 0.0406 e. The Labute approximate surface area is 113 Å². The van der Waals surface area contributed by atoms with Gasteiger partial charge >= 0.3 is 0 Å². The molecule has 3 N–H and O–H groups in total. The van der Waals surface area contributed by atoms with Crippen molar-refractivity contribution in [2.75, 3.05) is 12.8 Å². The first kappa shape index (κ1) is 12.9. The van der Waals surface area contributed by atoms with Gasteiger partial charge in [0.2, 0.25) is 0 Å². The van der Waals surface area contributed by atoms with Gasteiger partial charge in [0.05, 0.1) is 0 Å². The molecule has 1 atom stereocenters. The second-order valence-electron chi connectivity index (χ2n) is 4.30. The van der Waals surface area contributed by atoms with Crippen molar-refractivity contribution >= 4 is 17.3 Å². The quantitative estimate of drug-likeness (QED) is 0.827. The van der Waals surface area contributed by atoms with Gasteiger partial charge in [-0.05, 0) is 42.8 Å². The number of hydrogen-bond acceptors (Lipinski definition) is 2. The Morgan fingerprint density at radius 2 is 1.78 bits per heavy atom. The lowest BCUT2D eigenvalue weighted by Crippen LogP contribution is -2.19. The van der Waals surface area contributed by atoms with Crippen molar-refractivity contribution in [2.45, 2.75) is 12.5 Å². The van der Waals surface area contributed by atoms with Crippen molar-refractivity contribution in [3.63, 3.8) is 0 Å². The largest absolute Gasteiger partial charge is 0.399 e. The van der Waals surface area contributed by atoms with E-state index in [0.29, 0.717) is 0 Å². The highest BCUT2D eigenvalue weighted by Gasteiger charge is 2.11. The van der Waals surface area contributed by atoms with Crippen LogP contribution in [-0.2, 0) is 6.42 Å². The maximum absolute atomic E-state index is 5.98. The molecule has 2 rings (SSSR count). The van der Waals surface area contributed by atoms with E-state index in [2.05, 4.69) is 11.4 Å². The zero-order chi connectivity index (χ0) is 13.0. The molecule has 0 heterocycles. The average Bonchev–Trinajstić information content (AvgIpc) is 2.39. The van der Waals surface area contributed by atoms with E-state index >= 15 is 0 Å². The molecule has 18 heavy (non-hydrogen) atoms. The molecule has 94 valence electrons. The normalized spacial score (nSPS) is 12.3. The molecule has 0 spiro atoms. The van der Waals surface area contributed by atoms with E-state index in [4.69, 9.17) is 17.3 Å². The van der Waals surface area contributed by atoms with E-state index in [0.717, 1.165) is 22.7 Å². The second-order valence-corrected chi connectivity index (χ2v) is 4.73. The molecule has 0 aliphatic carbocycles. The lowest BCUT2D eigenvalue weighted by Gasteiger charge is -2.18. The summed E-state index contributed by atoms with van der Waals surface area (Å²) < 4.78 is 0. The summed E-state index contributed by atoms with van der Waals surface area (Å²) in [7, 11) is 1.96. The van der Waals surface area contributed by atoms with Gasteiger partial charge in [-0.2, -0.15) is 0 Å². The lowest BCUT2D eigenvalue weighted by atomic mass is 9.98. The standard InChI is InChI=1S/C15H17ClN2/c1-18-15(11-6-8-13(16)9-7-11)10-12-4-2-3-5-14(12)17/h2-9,15,18H,10,17H2,1H3/t15-/m0/s1. The van der Waals surface area contributed by atoms with Crippen molar-refractivity contribution < 1.29 is 0 Å². The Morgan fingerprint density at radius 1 is 1.11 bits per heavy atom. The SMILES string of the molecule is CN[C@@H](Cc1ccccc1N)c1ccc(Cl)cc1. The minimum atomic E-state index is 0.243. The van der Waals surface area contributed by atoms with Gasteiger partial charge in [-0.1, -0.05) is 41.9 Å². The predicted molar refractivity (Wildman–Crippen MR) is 77.8 cm³/mol. The number of benzene rings is 2. The summed E-state index contributed by atoms with van der Waals surface area (Å²) in [5, 5.41) is 4.07. The number of halogens is 1. The number of anilines is 1. The maximum atomic E-state index is 5.98. The Balaban J connectivity index is 2.20. The first-order chi connectivity index (χ1) is 8.70. The van der Waals surface area contributed by atoms with Crippen LogP contribution in [0.25, 0.3) is 0 Å². The van der Waals surface area contributed by atoms with Gasteiger partial charge in [-0.25, -0.2) is 0 Å². The molecular weight excluding hydrogens is 244 g/mol. The summed E-state index contributed by atoms with van der Waals surface area (Å²) in [5.74, 6) is 0. The molecule has 0 aliphatic heterocycles. The van der Waals surface area contributed by atoms with Gasteiger partial charge in [0.15, 0.2) is 0 Å². The Hall–Kier alpha value is -1.51. The topological polar surface area (TPSA) is 38.0 Å². The van der Waals surface area contributed by atoms with Crippen LogP contribution in [0.5, 0.6) is 0 Å². The fraction of sp³-hybridized carbons (Fsp3) is 0.200. The predicted octanol–water partition coefficient (Wildman–Crippen LogP) is 3.43. The fourth-order valence-electron chi connectivity index (χ4n) is 2.02. The number of nitrogens with two attached hydrogens (primary N) is 1. The van der Waals surface area contributed by atoms with Crippen molar-refractivity contribution in [2.24, 2.45) is 0 Å². The Kier molecular flexibility index (Phi) is 4.24. The van der Waals surface area contributed by atoms with E-state index < -0.39 is 0 Å². The molecule has 0 bridgehead atoms. The highest BCUT2D eigenvalue weighted by atomic mass is 35.5. The highest BCUT2D eigenvalue weighted by molar-refractivity contribution is 6.30. The molecular formula is C15H17ClN2. The van der Waals surface area contributed by atoms with E-state index in [1.165, 1.54) is 5.56 Å². The van der Waals surface area contributed by atoms with E-state index in [1.807, 2.05) is 49.5 Å². The molecule has 0 saturated carbocycles. The van der Waals surface area contributed by atoms with Crippen LogP contribution < -0.4 is 11.1 Å². The first-order valence-electron chi connectivity index (χ1n) is 5.97. The van der Waals surface area contributed by atoms with Crippen molar-refractivity contribution in [3.8, 4) is 0 Å². The number of nitrogens with one attached hydrogen (secondary N) is 1. The number of likely N-dealkylation sites (N-methyl/N-ethyl adjacent to an activating group) is 1. The Morgan fingerprint density at radius 3 is 2.39 bits per heavy atom. The summed E-state index contributed by atoms with van der Waals surface area (Å²) >= 11 is 5.90. The zero-order valence-electron chi connectivity index (χ0n) is 10.4. The molecule has 0 aromatic heterocycles. The van der Waals surface area contributed by atoms with Gasteiger partial charge in [0.25, 0.3) is 0 Å². The smallest absolute Gasteiger partial charge is 0.0406 e. The first-order valence-corrected chi connectivity index (χ1v) is 6.34. The minimum absolute atomic E-state index is 0.243. The lowest BCUT2D eigenvalue weighted by molar-refractivity contribution is 0.593. The summed E-state index contributed by atoms with van der Waals surface area (Å²) in [6.07, 6.45) is 0.866. The molecule has 2 aromatic carbocycles. The van der Waals surface area contributed by atoms with E-state index in [-0.39, 0.29) is 6.04 Å². The molecule has 2 aromatic rings. The minimum Gasteiger partial charge on any atom is -0.399 e. The van der Waals surface area contributed by atoms with Crippen molar-refractivity contribution in [1.82, 2.24) is 5.32 Å². The van der Waals surface area contributed by atoms with E-state index in [1.54, 1.807) is 0 Å². The van der Waals surface area contributed by atoms with Gasteiger partial charge in [-0.15, -0.1) is 0 Å². The van der Waals surface area contributed by atoms with Crippen LogP contribution in [0.4, 0.5) is 5.69 Å². The van der Waals surface area contributed by atoms with Crippen molar-refractivity contribution in [1.29, 1.82) is 0 Å². The molecule has 0 radical (unpaired) electrons. The van der Waals surface area contributed by atoms with Crippen LogP contribution in [0.15, 0.2) is 48.5 Å². The van der Waals surface area contributed by atoms with Crippen LogP contribution in [0.3, 0.4) is 0 Å². The number of para-hydroxylation sites is 1. The molecule has 0 saturated heterocycles. The molecule has 2 nitrogen and oxygen atoms in total. The van der Waals surface area contributed by atoms with Gasteiger partial charge in [0, 0.05) is 16.8 Å². The summed E-state index contributed by atoms with van der Waals surface area (Å²) in [6, 6.07) is 16.1. The van der Waals surface area contributed by atoms with Crippen LogP contribution >= 0.6 is 11.6 Å². The van der Waals surface area contributed by atoms with E-state index in [9.17, 15) is 0 Å². The molecule has 0 aliphatic rings. The monoisotopic (exact) mass is 260 g/mol. The number of hydrogen-bond donors (Lipinski definition) is 2. The average molecular weight is 261 g/mol. The Bertz CT molecular complexity index is 508. The van der Waals surface area contributed by atoms with Crippen LogP contribution in [0.1, 0.15) is 17.2 Å². The third-order valence-electron chi connectivity index (χ3n) is 3.10. The summed E-state index contributed by atoms with van der Waals surface area (Å²) in [5.41, 5.74) is 9.19. The fourth-order valence-corrected chi connectivity index (χ4v) is 2.15. The highest BCUT2D eigenvalue weighted by Crippen LogP contribution is 2.22. The third-order valence-corrected chi connectivity index (χ3v) is 3.35. The summed E-state index contributed by atoms with van der Waals surface area (Å²) in [6.45, 7) is 0. The number of nitrogen functional groups attached to an aromatic ring is 1. The second kappa shape index (κ2) is 5.89. The van der Waals surface area contributed by atoms with Crippen LogP contribution in [0.2, 0.25) is 5.02 Å². The summed E-state index contributed by atoms with van der Waals surface area (Å²) in [4.78, 5) is 0. The number of rotatable bonds is 4. The molecule has 0 unspecified atom stereocenters. The van der Waals surface area contributed by atoms with Gasteiger partial charge in [0.1, 0.15) is 0 Å². The van der Waals surface area contributed by atoms with Crippen LogP contribution in [-0.4, -0.2) is 7.05 Å². The molecule has 3 heteroatoms. The molecule has 0 fully saturated rings. The van der Waals surface area contributed by atoms with Crippen molar-refractivity contribution in [3.05, 3.63) is 64.7 Å². The molecule has 0 amide bonds. The van der Waals surface area contributed by atoms with Gasteiger partial charge < -0.3 is 11.1 Å². The van der Waals surface area contributed by atoms with Gasteiger partial charge in [-0.3, -0.25) is 0 Å². The van der Waals surface area contributed by atoms with Crippen LogP contribution in [0, 0.1) is 0 Å².